The summed E-state index contributed by atoms with van der Waals surface area (Å²) in [6.45, 7) is 2.43. The Morgan fingerprint density at radius 1 is 1.13 bits per heavy atom. The Morgan fingerprint density at radius 3 is 2.17 bits per heavy atom. The number of ether oxygens (including phenoxy) is 1. The van der Waals surface area contributed by atoms with Crippen LogP contribution in [0.15, 0.2) is 21.9 Å². The summed E-state index contributed by atoms with van der Waals surface area (Å²) in [7, 11) is -16.6. The summed E-state index contributed by atoms with van der Waals surface area (Å²) in [5, 5.41) is 0. The predicted octanol–water partition coefficient (Wildman–Crippen LogP) is 0.532. The normalized spacial score (nSPS) is 18.9. The first kappa shape index (κ1) is 27.0. The molecule has 0 fully saturated rings. The molecule has 4 atom stereocenters. The number of nitrogens with zero attached hydrogens (tertiary/aromatic N) is 1. The zero-order valence-corrected chi connectivity index (χ0v) is 18.3. The van der Waals surface area contributed by atoms with E-state index >= 15 is 0 Å². The maximum atomic E-state index is 14.5. The monoisotopic (exact) mass is 500 g/mol. The lowest BCUT2D eigenvalue weighted by atomic mass is 10.1. The van der Waals surface area contributed by atoms with E-state index in [4.69, 9.17) is 19.4 Å². The number of phosphoric ester groups is 1. The van der Waals surface area contributed by atoms with Crippen molar-refractivity contribution in [3.05, 3.63) is 33.1 Å². The summed E-state index contributed by atoms with van der Waals surface area (Å²) in [6, 6.07) is 0.931. The number of alkyl halides is 1. The molecular formula is C11H20FN2O13P3. The molecule has 0 radical (unpaired) electrons. The van der Waals surface area contributed by atoms with Crippen molar-refractivity contribution in [3.63, 3.8) is 0 Å². The van der Waals surface area contributed by atoms with Crippen LogP contribution in [-0.2, 0) is 31.6 Å². The minimum Gasteiger partial charge on any atom is -0.349 e. The van der Waals surface area contributed by atoms with Crippen LogP contribution in [0.25, 0.3) is 0 Å². The number of H-pyrrole nitrogens is 1. The highest BCUT2D eigenvalue weighted by Crippen LogP contribution is 2.66. The lowest BCUT2D eigenvalue weighted by Gasteiger charge is -2.31. The van der Waals surface area contributed by atoms with Crippen LogP contribution in [0.3, 0.4) is 0 Å². The van der Waals surface area contributed by atoms with E-state index in [0.717, 1.165) is 26.1 Å². The molecule has 0 aliphatic rings. The van der Waals surface area contributed by atoms with Crippen molar-refractivity contribution in [2.75, 3.05) is 6.61 Å². The molecule has 0 aliphatic heterocycles. The highest BCUT2D eigenvalue weighted by molar-refractivity contribution is 7.66. The summed E-state index contributed by atoms with van der Waals surface area (Å²) >= 11 is 0. The summed E-state index contributed by atoms with van der Waals surface area (Å²) in [5.41, 5.74) is -3.95. The highest BCUT2D eigenvalue weighted by Gasteiger charge is 2.41. The molecule has 30 heavy (non-hydrogen) atoms. The molecule has 1 aromatic rings. The first-order valence-electron chi connectivity index (χ1n) is 7.75. The van der Waals surface area contributed by atoms with Crippen molar-refractivity contribution >= 4 is 23.5 Å². The maximum Gasteiger partial charge on any atom is 0.490 e. The van der Waals surface area contributed by atoms with E-state index in [-0.39, 0.29) is 0 Å². The predicted molar refractivity (Wildman–Crippen MR) is 95.9 cm³/mol. The van der Waals surface area contributed by atoms with Crippen molar-refractivity contribution in [2.24, 2.45) is 0 Å². The number of hydrogen-bond donors (Lipinski definition) is 5. The molecule has 2 unspecified atom stereocenters. The molecule has 19 heteroatoms. The van der Waals surface area contributed by atoms with E-state index in [9.17, 15) is 32.6 Å². The van der Waals surface area contributed by atoms with Crippen LogP contribution in [-0.4, -0.2) is 47.5 Å². The Kier molecular flexibility index (Phi) is 8.67. The molecule has 0 spiro atoms. The van der Waals surface area contributed by atoms with Gasteiger partial charge >= 0.3 is 29.2 Å². The zero-order valence-electron chi connectivity index (χ0n) is 15.6. The second-order valence-corrected chi connectivity index (χ2v) is 10.7. The molecule has 5 N–H and O–H groups in total. The Bertz CT molecular complexity index is 995. The largest absolute Gasteiger partial charge is 0.490 e. The van der Waals surface area contributed by atoms with E-state index in [1.807, 2.05) is 4.98 Å². The van der Waals surface area contributed by atoms with E-state index in [0.29, 0.717) is 4.57 Å². The van der Waals surface area contributed by atoms with Gasteiger partial charge in [-0.1, -0.05) is 0 Å². The van der Waals surface area contributed by atoms with Gasteiger partial charge in [0.25, 0.3) is 5.56 Å². The van der Waals surface area contributed by atoms with Gasteiger partial charge in [-0.2, -0.15) is 8.62 Å². The number of nitrogens with one attached hydrogen (secondary N) is 1. The minimum absolute atomic E-state index is 0.711. The van der Waals surface area contributed by atoms with Crippen LogP contribution in [0.2, 0.25) is 0 Å². The first-order valence-corrected chi connectivity index (χ1v) is 12.3. The Morgan fingerprint density at radius 2 is 1.70 bits per heavy atom. The molecular weight excluding hydrogens is 480 g/mol. The second-order valence-electron chi connectivity index (χ2n) is 6.27. The highest BCUT2D eigenvalue weighted by atomic mass is 31.3. The van der Waals surface area contributed by atoms with Gasteiger partial charge in [-0.05, 0) is 20.8 Å². The van der Waals surface area contributed by atoms with Gasteiger partial charge in [0.15, 0.2) is 11.9 Å². The molecule has 174 valence electrons. The third kappa shape index (κ3) is 9.41. The molecule has 0 saturated carbocycles. The number of hydrogen-bond acceptors (Lipinski definition) is 9. The van der Waals surface area contributed by atoms with E-state index < -0.39 is 59.3 Å². The molecule has 0 aromatic carbocycles. The van der Waals surface area contributed by atoms with Gasteiger partial charge < -0.3 is 24.3 Å². The number of rotatable bonds is 11. The van der Waals surface area contributed by atoms with Gasteiger partial charge in [-0.15, -0.1) is 0 Å². The smallest absolute Gasteiger partial charge is 0.349 e. The van der Waals surface area contributed by atoms with Crippen LogP contribution < -0.4 is 11.2 Å². The van der Waals surface area contributed by atoms with Crippen LogP contribution in [0.5, 0.6) is 0 Å². The maximum absolute atomic E-state index is 14.5. The van der Waals surface area contributed by atoms with Crippen molar-refractivity contribution in [3.8, 4) is 0 Å². The molecule has 15 nitrogen and oxygen atoms in total. The summed E-state index contributed by atoms with van der Waals surface area (Å²) < 4.78 is 65.5. The van der Waals surface area contributed by atoms with Crippen LogP contribution >= 0.6 is 23.5 Å². The zero-order chi connectivity index (χ0) is 23.5. The molecule has 0 aliphatic carbocycles. The van der Waals surface area contributed by atoms with Gasteiger partial charge in [-0.25, -0.2) is 22.9 Å². The first-order chi connectivity index (χ1) is 13.3. The van der Waals surface area contributed by atoms with E-state index in [1.54, 1.807) is 0 Å². The van der Waals surface area contributed by atoms with Crippen molar-refractivity contribution < 1.29 is 55.5 Å². The number of phosphoric acid groups is 3. The van der Waals surface area contributed by atoms with Crippen LogP contribution in [0.4, 0.5) is 4.39 Å². The van der Waals surface area contributed by atoms with Crippen LogP contribution in [0, 0.1) is 0 Å². The Balaban J connectivity index is 2.87. The quantitative estimate of drug-likeness (QED) is 0.262. The summed E-state index contributed by atoms with van der Waals surface area (Å²) in [4.78, 5) is 60.3. The SMILES string of the molecule is C[C@@H](COP(=O)(O)OP(=O)(O)OP(=O)(O)O)O[C@@H](n1ccc(=O)[nH]c1=O)C(C)(C)F. The standard InChI is InChI=1S/C11H20FN2O13P3/c1-7(6-24-29(20,21)27-30(22,23)26-28(17,18)19)25-9(11(2,3)12)14-5-4-8(15)13-10(14)16/h4-5,7,9H,6H2,1-3H3,(H,20,21)(H,22,23)(H,13,15,16)(H2,17,18,19)/t7-,9+/m0/s1. The number of aromatic nitrogens is 2. The molecule has 1 rings (SSSR count). The average molecular weight is 500 g/mol. The van der Waals surface area contributed by atoms with Crippen molar-refractivity contribution in [1.82, 2.24) is 9.55 Å². The second kappa shape index (κ2) is 9.63. The number of halogens is 1. The van der Waals surface area contributed by atoms with Gasteiger partial charge in [0.2, 0.25) is 0 Å². The van der Waals surface area contributed by atoms with Gasteiger partial charge in [0.05, 0.1) is 12.7 Å². The fraction of sp³-hybridized carbons (Fsp3) is 0.636. The lowest BCUT2D eigenvalue weighted by molar-refractivity contribution is -0.132. The summed E-state index contributed by atoms with van der Waals surface area (Å²) in [6.07, 6.45) is -1.92. The lowest BCUT2D eigenvalue weighted by Crippen LogP contribution is -2.42. The van der Waals surface area contributed by atoms with Gasteiger partial charge in [-0.3, -0.25) is 18.9 Å². The third-order valence-corrected chi connectivity index (χ3v) is 6.74. The Hall–Kier alpha value is -1.02. The molecule has 0 saturated heterocycles. The van der Waals surface area contributed by atoms with Crippen molar-refractivity contribution in [1.29, 1.82) is 0 Å². The third-order valence-electron chi connectivity index (χ3n) is 2.94. The fourth-order valence-corrected chi connectivity index (χ4v) is 5.02. The van der Waals surface area contributed by atoms with Gasteiger partial charge in [0, 0.05) is 12.3 Å². The Labute approximate surface area is 167 Å². The average Bonchev–Trinajstić information content (AvgIpc) is 2.46. The van der Waals surface area contributed by atoms with Gasteiger partial charge in [0.1, 0.15) is 0 Å². The molecule has 1 aromatic heterocycles. The summed E-state index contributed by atoms with van der Waals surface area (Å²) in [5.74, 6) is 0. The van der Waals surface area contributed by atoms with Crippen LogP contribution in [0.1, 0.15) is 27.0 Å². The molecule has 0 bridgehead atoms. The topological polar surface area (TPSA) is 224 Å². The molecule has 1 heterocycles. The molecule has 0 amide bonds. The van der Waals surface area contributed by atoms with E-state index in [2.05, 4.69) is 13.1 Å². The minimum atomic E-state index is -5.69. The number of aromatic amines is 1. The van der Waals surface area contributed by atoms with E-state index in [1.165, 1.54) is 6.92 Å². The van der Waals surface area contributed by atoms with Crippen molar-refractivity contribution in [2.45, 2.75) is 38.8 Å². The fourth-order valence-electron chi connectivity index (χ4n) is 1.93.